The van der Waals surface area contributed by atoms with Crippen molar-refractivity contribution in [3.8, 4) is 11.5 Å². The fourth-order valence-electron chi connectivity index (χ4n) is 1.90. The Morgan fingerprint density at radius 1 is 1.22 bits per heavy atom. The zero-order valence-corrected chi connectivity index (χ0v) is 12.5. The first-order chi connectivity index (χ1) is 10.7. The molecule has 4 nitrogen and oxygen atoms in total. The van der Waals surface area contributed by atoms with Crippen LogP contribution >= 0.6 is 11.6 Å². The summed E-state index contributed by atoms with van der Waals surface area (Å²) in [5.41, 5.74) is -1.27. The first-order valence-electron chi connectivity index (χ1n) is 6.27. The molecule has 0 saturated heterocycles. The van der Waals surface area contributed by atoms with Gasteiger partial charge in [0.15, 0.2) is 0 Å². The van der Waals surface area contributed by atoms with E-state index in [1.54, 1.807) is 0 Å². The van der Waals surface area contributed by atoms with Crippen molar-refractivity contribution in [2.24, 2.45) is 0 Å². The highest BCUT2D eigenvalue weighted by molar-refractivity contribution is 6.31. The zero-order chi connectivity index (χ0) is 17.2. The Hall–Kier alpha value is -2.41. The van der Waals surface area contributed by atoms with Crippen molar-refractivity contribution in [1.82, 2.24) is 0 Å². The Bertz CT molecular complexity index is 747. The van der Waals surface area contributed by atoms with Gasteiger partial charge in [0.05, 0.1) is 18.2 Å². The lowest BCUT2D eigenvalue weighted by molar-refractivity contribution is -0.138. The molecule has 8 heteroatoms. The molecule has 0 bridgehead atoms. The van der Waals surface area contributed by atoms with Crippen molar-refractivity contribution >= 4 is 23.2 Å². The maximum Gasteiger partial charge on any atom is 0.420 e. The maximum atomic E-state index is 12.9. The predicted octanol–water partition coefficient (Wildman–Crippen LogP) is 4.33. The second-order valence-electron chi connectivity index (χ2n) is 4.53. The highest BCUT2D eigenvalue weighted by Crippen LogP contribution is 2.37. The predicted molar refractivity (Wildman–Crippen MR) is 79.1 cm³/mol. The van der Waals surface area contributed by atoms with Crippen molar-refractivity contribution in [2.45, 2.75) is 6.18 Å². The van der Waals surface area contributed by atoms with Crippen LogP contribution in [0.4, 0.5) is 18.9 Å². The summed E-state index contributed by atoms with van der Waals surface area (Å²) in [5, 5.41) is 12.1. The Balaban J connectivity index is 2.33. The molecular weight excluding hydrogens is 335 g/mol. The van der Waals surface area contributed by atoms with Gasteiger partial charge in [0.25, 0.3) is 5.91 Å². The third-order valence-corrected chi connectivity index (χ3v) is 3.20. The monoisotopic (exact) mass is 345 g/mol. The van der Waals surface area contributed by atoms with Crippen molar-refractivity contribution in [2.75, 3.05) is 12.4 Å². The molecule has 0 atom stereocenters. The summed E-state index contributed by atoms with van der Waals surface area (Å²) in [5.74, 6) is -1.49. The van der Waals surface area contributed by atoms with E-state index in [-0.39, 0.29) is 27.8 Å². The molecule has 2 aromatic rings. The number of carbonyl (C=O) groups excluding carboxylic acids is 1. The van der Waals surface area contributed by atoms with E-state index in [1.165, 1.54) is 24.3 Å². The Kier molecular flexibility index (Phi) is 4.70. The number of alkyl halides is 3. The number of nitrogens with one attached hydrogen (secondary N) is 1. The largest absolute Gasteiger partial charge is 0.507 e. The normalized spacial score (nSPS) is 11.2. The number of hydrogen-bond acceptors (Lipinski definition) is 3. The average molecular weight is 346 g/mol. The van der Waals surface area contributed by atoms with Gasteiger partial charge >= 0.3 is 6.18 Å². The summed E-state index contributed by atoms with van der Waals surface area (Å²) in [6.45, 7) is 0. The van der Waals surface area contributed by atoms with Gasteiger partial charge < -0.3 is 15.2 Å². The van der Waals surface area contributed by atoms with Gasteiger partial charge in [-0.25, -0.2) is 0 Å². The summed E-state index contributed by atoms with van der Waals surface area (Å²) >= 11 is 5.73. The molecule has 0 saturated carbocycles. The number of phenolic OH excluding ortho intramolecular Hbond substituents is 1. The molecule has 0 spiro atoms. The second kappa shape index (κ2) is 6.37. The lowest BCUT2D eigenvalue weighted by Gasteiger charge is -2.14. The van der Waals surface area contributed by atoms with Crippen LogP contribution in [0.2, 0.25) is 5.02 Å². The minimum Gasteiger partial charge on any atom is -0.507 e. The van der Waals surface area contributed by atoms with Gasteiger partial charge in [-0.1, -0.05) is 11.6 Å². The molecule has 0 aromatic heterocycles. The van der Waals surface area contributed by atoms with Gasteiger partial charge in [0.1, 0.15) is 11.5 Å². The van der Waals surface area contributed by atoms with E-state index in [4.69, 9.17) is 11.6 Å². The highest BCUT2D eigenvalue weighted by Gasteiger charge is 2.34. The van der Waals surface area contributed by atoms with Gasteiger partial charge in [-0.05, 0) is 36.4 Å². The quantitative estimate of drug-likeness (QED) is 0.870. The van der Waals surface area contributed by atoms with Crippen LogP contribution < -0.4 is 10.1 Å². The van der Waals surface area contributed by atoms with Gasteiger partial charge in [-0.3, -0.25) is 4.79 Å². The molecule has 0 heterocycles. The molecular formula is C15H11ClF3NO3. The molecule has 0 fully saturated rings. The van der Waals surface area contributed by atoms with Crippen LogP contribution in [0.5, 0.6) is 11.5 Å². The molecule has 2 N–H and O–H groups in total. The van der Waals surface area contributed by atoms with E-state index in [0.29, 0.717) is 0 Å². The number of amides is 1. The molecule has 2 aromatic carbocycles. The third-order valence-electron chi connectivity index (χ3n) is 2.97. The number of carbonyl (C=O) groups is 1. The minimum atomic E-state index is -4.63. The molecule has 1 amide bonds. The average Bonchev–Trinajstić information content (AvgIpc) is 2.48. The highest BCUT2D eigenvalue weighted by atomic mass is 35.5. The summed E-state index contributed by atoms with van der Waals surface area (Å²) in [6.07, 6.45) is -4.63. The molecule has 0 aliphatic rings. The number of ether oxygens (including phenoxy) is 1. The standard InChI is InChI=1S/C15H11ClF3NO3/c1-23-13-5-3-9(7-11(13)15(17,18)19)20-14(22)10-6-8(16)2-4-12(10)21/h2-7,21H,1H3,(H,20,22). The Morgan fingerprint density at radius 2 is 1.91 bits per heavy atom. The molecule has 0 unspecified atom stereocenters. The number of anilines is 1. The number of methoxy groups -OCH3 is 1. The van der Waals surface area contributed by atoms with Crippen LogP contribution in [-0.4, -0.2) is 18.1 Å². The van der Waals surface area contributed by atoms with Crippen LogP contribution in [-0.2, 0) is 6.18 Å². The first-order valence-corrected chi connectivity index (χ1v) is 6.65. The van der Waals surface area contributed by atoms with E-state index < -0.39 is 17.6 Å². The van der Waals surface area contributed by atoms with Gasteiger partial charge in [-0.2, -0.15) is 13.2 Å². The van der Waals surface area contributed by atoms with Crippen molar-refractivity contribution in [3.05, 3.63) is 52.5 Å². The van der Waals surface area contributed by atoms with Crippen LogP contribution in [0.3, 0.4) is 0 Å². The van der Waals surface area contributed by atoms with E-state index in [9.17, 15) is 23.1 Å². The van der Waals surface area contributed by atoms with Crippen LogP contribution in [0.25, 0.3) is 0 Å². The van der Waals surface area contributed by atoms with Gasteiger partial charge in [0.2, 0.25) is 0 Å². The third kappa shape index (κ3) is 3.87. The number of aromatic hydroxyl groups is 1. The van der Waals surface area contributed by atoms with E-state index in [2.05, 4.69) is 10.1 Å². The smallest absolute Gasteiger partial charge is 0.420 e. The summed E-state index contributed by atoms with van der Waals surface area (Å²) in [7, 11) is 1.12. The van der Waals surface area contributed by atoms with Crippen LogP contribution in [0.15, 0.2) is 36.4 Å². The molecule has 2 rings (SSSR count). The number of phenols is 1. The molecule has 0 radical (unpaired) electrons. The summed E-state index contributed by atoms with van der Waals surface area (Å²) in [6, 6.07) is 6.90. The van der Waals surface area contributed by atoms with Crippen molar-refractivity contribution in [1.29, 1.82) is 0 Å². The Morgan fingerprint density at radius 3 is 2.52 bits per heavy atom. The van der Waals surface area contributed by atoms with Gasteiger partial charge in [0, 0.05) is 10.7 Å². The van der Waals surface area contributed by atoms with E-state index in [0.717, 1.165) is 19.2 Å². The maximum absolute atomic E-state index is 12.9. The fraction of sp³-hybridized carbons (Fsp3) is 0.133. The number of benzene rings is 2. The van der Waals surface area contributed by atoms with Crippen molar-refractivity contribution < 1.29 is 27.8 Å². The number of rotatable bonds is 3. The molecule has 0 aliphatic heterocycles. The Labute approximate surface area is 134 Å². The SMILES string of the molecule is COc1ccc(NC(=O)c2cc(Cl)ccc2O)cc1C(F)(F)F. The van der Waals surface area contributed by atoms with E-state index in [1.807, 2.05) is 0 Å². The van der Waals surface area contributed by atoms with Gasteiger partial charge in [-0.15, -0.1) is 0 Å². The molecule has 0 aliphatic carbocycles. The zero-order valence-electron chi connectivity index (χ0n) is 11.7. The van der Waals surface area contributed by atoms with Crippen molar-refractivity contribution in [3.63, 3.8) is 0 Å². The minimum absolute atomic E-state index is 0.0949. The van der Waals surface area contributed by atoms with Crippen LogP contribution in [0, 0.1) is 0 Å². The lowest BCUT2D eigenvalue weighted by Crippen LogP contribution is -2.14. The van der Waals surface area contributed by atoms with E-state index >= 15 is 0 Å². The molecule has 122 valence electrons. The number of hydrogen-bond donors (Lipinski definition) is 2. The number of halogens is 4. The summed E-state index contributed by atoms with van der Waals surface area (Å²) < 4.78 is 43.5. The fourth-order valence-corrected chi connectivity index (χ4v) is 2.07. The second-order valence-corrected chi connectivity index (χ2v) is 4.96. The lowest BCUT2D eigenvalue weighted by atomic mass is 10.1. The summed E-state index contributed by atoms with van der Waals surface area (Å²) in [4.78, 5) is 12.1. The molecule has 23 heavy (non-hydrogen) atoms. The topological polar surface area (TPSA) is 58.6 Å². The van der Waals surface area contributed by atoms with Crippen LogP contribution in [0.1, 0.15) is 15.9 Å². The first kappa shape index (κ1) is 17.0.